The minimum Gasteiger partial charge on any atom is -0.495 e. The number of aromatic nitrogens is 1. The molecule has 0 aliphatic heterocycles. The molecule has 2 nitrogen and oxygen atoms in total. The number of rotatable bonds is 3. The van der Waals surface area contributed by atoms with Gasteiger partial charge in [-0.1, -0.05) is 0 Å². The number of alkyl halides is 6. The van der Waals surface area contributed by atoms with Crippen LogP contribution in [0.1, 0.15) is 23.2 Å². The number of methoxy groups -OCH3 is 1. The van der Waals surface area contributed by atoms with Gasteiger partial charge in [-0.25, -0.2) is 8.78 Å². The Morgan fingerprint density at radius 3 is 2.35 bits per heavy atom. The van der Waals surface area contributed by atoms with Crippen LogP contribution >= 0.6 is 11.6 Å². The van der Waals surface area contributed by atoms with Gasteiger partial charge in [0.1, 0.15) is 5.75 Å². The Bertz CT molecular complexity index is 407. The Morgan fingerprint density at radius 2 is 2.00 bits per heavy atom. The summed E-state index contributed by atoms with van der Waals surface area (Å²) in [4.78, 5) is 3.37. The highest BCUT2D eigenvalue weighted by Crippen LogP contribution is 2.42. The van der Waals surface area contributed by atoms with Gasteiger partial charge in [-0.05, 0) is 0 Å². The molecular formula is C9H7ClF5NO. The molecule has 8 heteroatoms. The van der Waals surface area contributed by atoms with E-state index in [2.05, 4.69) is 9.72 Å². The lowest BCUT2D eigenvalue weighted by molar-refractivity contribution is -0.140. The molecule has 0 radical (unpaired) electrons. The van der Waals surface area contributed by atoms with E-state index >= 15 is 0 Å². The Kier molecular flexibility index (Phi) is 4.13. The van der Waals surface area contributed by atoms with Gasteiger partial charge in [-0.2, -0.15) is 13.2 Å². The summed E-state index contributed by atoms with van der Waals surface area (Å²) < 4.78 is 67.9. The molecular weight excluding hydrogens is 269 g/mol. The maximum absolute atomic E-state index is 12.7. The lowest BCUT2D eigenvalue weighted by Crippen LogP contribution is -2.15. The topological polar surface area (TPSA) is 22.1 Å². The zero-order chi connectivity index (χ0) is 13.2. The first-order valence-electron chi connectivity index (χ1n) is 4.30. The highest BCUT2D eigenvalue weighted by molar-refractivity contribution is 6.17. The zero-order valence-corrected chi connectivity index (χ0v) is 9.24. The van der Waals surface area contributed by atoms with Gasteiger partial charge in [-0.15, -0.1) is 11.6 Å². The lowest BCUT2D eigenvalue weighted by Gasteiger charge is -2.17. The second-order valence-corrected chi connectivity index (χ2v) is 3.26. The van der Waals surface area contributed by atoms with Gasteiger partial charge < -0.3 is 4.74 Å². The molecule has 96 valence electrons. The summed E-state index contributed by atoms with van der Waals surface area (Å²) in [6.07, 6.45) is -7.49. The van der Waals surface area contributed by atoms with Crippen molar-refractivity contribution in [3.63, 3.8) is 0 Å². The third kappa shape index (κ3) is 2.77. The van der Waals surface area contributed by atoms with Crippen LogP contribution in [0.2, 0.25) is 0 Å². The predicted molar refractivity (Wildman–Crippen MR) is 50.3 cm³/mol. The van der Waals surface area contributed by atoms with E-state index in [0.717, 1.165) is 13.3 Å². The molecule has 0 unspecified atom stereocenters. The van der Waals surface area contributed by atoms with E-state index in [-0.39, 0.29) is 0 Å². The fourth-order valence-electron chi connectivity index (χ4n) is 1.35. The maximum Gasteiger partial charge on any atom is 0.418 e. The summed E-state index contributed by atoms with van der Waals surface area (Å²) in [7, 11) is 0.990. The van der Waals surface area contributed by atoms with E-state index in [1.54, 1.807) is 0 Å². The molecule has 0 aliphatic carbocycles. The first-order chi connectivity index (χ1) is 7.82. The predicted octanol–water partition coefficient (Wildman–Crippen LogP) is 3.79. The van der Waals surface area contributed by atoms with Crippen molar-refractivity contribution < 1.29 is 26.7 Å². The van der Waals surface area contributed by atoms with Gasteiger partial charge in [0, 0.05) is 0 Å². The van der Waals surface area contributed by atoms with Crippen LogP contribution < -0.4 is 4.74 Å². The summed E-state index contributed by atoms with van der Waals surface area (Å²) in [6, 6.07) is 0. The molecule has 0 saturated heterocycles. The highest BCUT2D eigenvalue weighted by atomic mass is 35.5. The van der Waals surface area contributed by atoms with Gasteiger partial charge in [-0.3, -0.25) is 4.98 Å². The smallest absolute Gasteiger partial charge is 0.418 e. The van der Waals surface area contributed by atoms with Crippen molar-refractivity contribution in [2.45, 2.75) is 18.5 Å². The molecule has 0 spiro atoms. The summed E-state index contributed by atoms with van der Waals surface area (Å²) >= 11 is 5.26. The van der Waals surface area contributed by atoms with Crippen LogP contribution in [0.25, 0.3) is 0 Å². The minimum absolute atomic E-state index is 0.610. The van der Waals surface area contributed by atoms with E-state index in [9.17, 15) is 22.0 Å². The summed E-state index contributed by atoms with van der Waals surface area (Å²) in [5.41, 5.74) is -3.40. The normalized spacial score (nSPS) is 12.0. The maximum atomic E-state index is 12.7. The first kappa shape index (κ1) is 14.0. The largest absolute Gasteiger partial charge is 0.495 e. The molecule has 0 bridgehead atoms. The molecule has 0 atom stereocenters. The highest BCUT2D eigenvalue weighted by Gasteiger charge is 2.40. The van der Waals surface area contributed by atoms with E-state index in [0.29, 0.717) is 0 Å². The van der Waals surface area contributed by atoms with Crippen molar-refractivity contribution in [1.29, 1.82) is 0 Å². The zero-order valence-electron chi connectivity index (χ0n) is 8.49. The van der Waals surface area contributed by atoms with Crippen molar-refractivity contribution in [1.82, 2.24) is 4.98 Å². The summed E-state index contributed by atoms with van der Waals surface area (Å²) in [5.74, 6) is -1.22. The number of pyridine rings is 1. The van der Waals surface area contributed by atoms with Gasteiger partial charge >= 0.3 is 6.18 Å². The molecule has 0 aromatic carbocycles. The molecule has 1 rings (SSSR count). The molecule has 1 aromatic heterocycles. The number of ether oxygens (including phenoxy) is 1. The number of halogens is 6. The van der Waals surface area contributed by atoms with Crippen LogP contribution in [0.3, 0.4) is 0 Å². The Labute approximate surface area is 98.4 Å². The van der Waals surface area contributed by atoms with Crippen LogP contribution in [-0.4, -0.2) is 12.1 Å². The van der Waals surface area contributed by atoms with Crippen LogP contribution in [0, 0.1) is 0 Å². The van der Waals surface area contributed by atoms with Gasteiger partial charge in [0.05, 0.1) is 36.0 Å². The Balaban J connectivity index is 3.59. The molecule has 17 heavy (non-hydrogen) atoms. The average Bonchev–Trinajstić information content (AvgIpc) is 2.25. The third-order valence-electron chi connectivity index (χ3n) is 2.01. The number of hydrogen-bond donors (Lipinski definition) is 0. The van der Waals surface area contributed by atoms with E-state index < -0.39 is 41.1 Å². The first-order valence-corrected chi connectivity index (χ1v) is 4.83. The van der Waals surface area contributed by atoms with E-state index in [1.807, 2.05) is 0 Å². The van der Waals surface area contributed by atoms with Crippen molar-refractivity contribution in [2.24, 2.45) is 0 Å². The number of nitrogens with zero attached hydrogens (tertiary/aromatic N) is 1. The van der Waals surface area contributed by atoms with Gasteiger partial charge in [0.15, 0.2) is 0 Å². The van der Waals surface area contributed by atoms with Crippen molar-refractivity contribution >= 4 is 11.6 Å². The van der Waals surface area contributed by atoms with E-state index in [4.69, 9.17) is 11.6 Å². The SMILES string of the molecule is COc1cnc(CCl)c(C(F)(F)F)c1C(F)F. The Morgan fingerprint density at radius 1 is 1.41 bits per heavy atom. The molecule has 1 heterocycles. The lowest BCUT2D eigenvalue weighted by atomic mass is 10.1. The summed E-state index contributed by atoms with van der Waals surface area (Å²) in [6.45, 7) is 0. The van der Waals surface area contributed by atoms with Crippen LogP contribution in [-0.2, 0) is 12.1 Å². The van der Waals surface area contributed by atoms with E-state index in [1.165, 1.54) is 0 Å². The van der Waals surface area contributed by atoms with Gasteiger partial charge in [0.2, 0.25) is 0 Å². The van der Waals surface area contributed by atoms with Crippen LogP contribution in [0.5, 0.6) is 5.75 Å². The van der Waals surface area contributed by atoms with Gasteiger partial charge in [0.25, 0.3) is 6.43 Å². The average molecular weight is 276 g/mol. The second kappa shape index (κ2) is 5.03. The fraction of sp³-hybridized carbons (Fsp3) is 0.444. The van der Waals surface area contributed by atoms with Crippen molar-refractivity contribution in [3.05, 3.63) is 23.0 Å². The van der Waals surface area contributed by atoms with Crippen molar-refractivity contribution in [2.75, 3.05) is 7.11 Å². The standard InChI is InChI=1S/C9H7ClF5NO/c1-17-5-3-16-4(2-10)7(9(13,14)15)6(5)8(11)12/h3,8H,2H2,1H3. The summed E-state index contributed by atoms with van der Waals surface area (Å²) in [5, 5.41) is 0. The fourth-order valence-corrected chi connectivity index (χ4v) is 1.55. The monoisotopic (exact) mass is 275 g/mol. The number of hydrogen-bond acceptors (Lipinski definition) is 2. The molecule has 0 saturated carbocycles. The minimum atomic E-state index is -4.96. The molecule has 0 amide bonds. The molecule has 0 fully saturated rings. The molecule has 0 N–H and O–H groups in total. The molecule has 0 aliphatic rings. The van der Waals surface area contributed by atoms with Crippen LogP contribution in [0.15, 0.2) is 6.20 Å². The molecule has 1 aromatic rings. The third-order valence-corrected chi connectivity index (χ3v) is 2.26. The van der Waals surface area contributed by atoms with Crippen LogP contribution in [0.4, 0.5) is 22.0 Å². The quantitative estimate of drug-likeness (QED) is 0.618. The second-order valence-electron chi connectivity index (χ2n) is 2.99. The Hall–Kier alpha value is -1.11. The van der Waals surface area contributed by atoms with Crippen molar-refractivity contribution in [3.8, 4) is 5.75 Å².